The Bertz CT molecular complexity index is 1260. The maximum absolute atomic E-state index is 14.3. The second kappa shape index (κ2) is 7.40. The summed E-state index contributed by atoms with van der Waals surface area (Å²) in [6.45, 7) is 3.85. The molecule has 0 saturated carbocycles. The number of halogens is 2. The van der Waals surface area contributed by atoms with Gasteiger partial charge in [-0.25, -0.2) is 18.6 Å². The number of methoxy groups -OCH3 is 1. The molecule has 1 aromatic carbocycles. The summed E-state index contributed by atoms with van der Waals surface area (Å²) < 4.78 is 35.3. The molecule has 9 heteroatoms. The molecule has 3 aromatic heterocycles. The Kier molecular flexibility index (Phi) is 4.89. The first-order chi connectivity index (χ1) is 14.3. The molecule has 156 valence electrons. The third kappa shape index (κ3) is 3.16. The van der Waals surface area contributed by atoms with Crippen LogP contribution in [0.2, 0.25) is 0 Å². The van der Waals surface area contributed by atoms with Gasteiger partial charge in [0.15, 0.2) is 17.2 Å². The van der Waals surface area contributed by atoms with E-state index < -0.39 is 18.0 Å². The fourth-order valence-electron chi connectivity index (χ4n) is 3.79. The van der Waals surface area contributed by atoms with E-state index in [0.29, 0.717) is 33.6 Å². The molecule has 4 aromatic rings. The molecule has 30 heavy (non-hydrogen) atoms. The number of nitrogens with one attached hydrogen (secondary N) is 1. The van der Waals surface area contributed by atoms with E-state index in [2.05, 4.69) is 15.2 Å². The number of hydrogen-bond donors (Lipinski definition) is 2. The van der Waals surface area contributed by atoms with E-state index in [4.69, 9.17) is 9.84 Å². The Labute approximate surface area is 170 Å². The number of ether oxygens (including phenoxy) is 1. The summed E-state index contributed by atoms with van der Waals surface area (Å²) in [7, 11) is 1.38. The third-order valence-electron chi connectivity index (χ3n) is 5.07. The summed E-state index contributed by atoms with van der Waals surface area (Å²) in [5.74, 6) is -2.06. The molecule has 2 N–H and O–H groups in total. The lowest BCUT2D eigenvalue weighted by molar-refractivity contribution is -0.142. The number of fused-ring (bicyclic) bond motifs is 2. The van der Waals surface area contributed by atoms with Gasteiger partial charge < -0.3 is 14.4 Å². The van der Waals surface area contributed by atoms with E-state index >= 15 is 0 Å². The van der Waals surface area contributed by atoms with Crippen LogP contribution in [0, 0.1) is 5.82 Å². The molecule has 0 saturated heterocycles. The van der Waals surface area contributed by atoms with Crippen molar-refractivity contribution in [1.82, 2.24) is 19.7 Å². The minimum absolute atomic E-state index is 0.0665. The summed E-state index contributed by atoms with van der Waals surface area (Å²) in [6, 6.07) is 6.29. The number of hydrogen-bond acceptors (Lipinski definition) is 4. The normalized spacial score (nSPS) is 12.7. The number of carboxylic acid groups (broad SMARTS) is 1. The average molecular weight is 414 g/mol. The van der Waals surface area contributed by atoms with Gasteiger partial charge in [-0.15, -0.1) is 0 Å². The van der Waals surface area contributed by atoms with Crippen LogP contribution in [0.1, 0.15) is 31.0 Å². The van der Waals surface area contributed by atoms with Crippen LogP contribution in [-0.2, 0) is 11.2 Å². The van der Waals surface area contributed by atoms with Crippen LogP contribution in [0.25, 0.3) is 27.8 Å². The highest BCUT2D eigenvalue weighted by molar-refractivity contribution is 5.93. The van der Waals surface area contributed by atoms with Gasteiger partial charge in [0.05, 0.1) is 24.3 Å². The van der Waals surface area contributed by atoms with Gasteiger partial charge in [-0.2, -0.15) is 5.10 Å². The van der Waals surface area contributed by atoms with Crippen LogP contribution >= 0.6 is 0 Å². The van der Waals surface area contributed by atoms with Crippen LogP contribution in [-0.4, -0.2) is 44.1 Å². The van der Waals surface area contributed by atoms with E-state index in [1.165, 1.54) is 13.2 Å². The number of carboxylic acids is 1. The van der Waals surface area contributed by atoms with Gasteiger partial charge in [-0.3, -0.25) is 5.10 Å². The van der Waals surface area contributed by atoms with Crippen molar-refractivity contribution in [2.24, 2.45) is 0 Å². The monoisotopic (exact) mass is 414 g/mol. The fraction of sp³-hybridized carbons (Fsp3) is 0.286. The first-order valence-electron chi connectivity index (χ1n) is 9.40. The van der Waals surface area contributed by atoms with E-state index in [1.54, 1.807) is 18.3 Å². The van der Waals surface area contributed by atoms with Crippen LogP contribution < -0.4 is 4.74 Å². The zero-order valence-electron chi connectivity index (χ0n) is 16.6. The van der Waals surface area contributed by atoms with E-state index in [-0.39, 0.29) is 18.1 Å². The van der Waals surface area contributed by atoms with Crippen molar-refractivity contribution in [2.75, 3.05) is 7.11 Å². The number of aromatic nitrogens is 4. The Morgan fingerprint density at radius 2 is 2.10 bits per heavy atom. The number of nitrogens with zero attached hydrogens (tertiary/aromatic N) is 3. The van der Waals surface area contributed by atoms with Gasteiger partial charge in [-0.05, 0) is 24.1 Å². The van der Waals surface area contributed by atoms with Crippen LogP contribution in [0.15, 0.2) is 30.5 Å². The van der Waals surface area contributed by atoms with Gasteiger partial charge in [0.1, 0.15) is 0 Å². The lowest BCUT2D eigenvalue weighted by atomic mass is 10.0. The highest BCUT2D eigenvalue weighted by Crippen LogP contribution is 2.36. The second-order valence-corrected chi connectivity index (χ2v) is 7.35. The number of pyridine rings is 1. The van der Waals surface area contributed by atoms with Crippen molar-refractivity contribution in [3.05, 3.63) is 47.5 Å². The first kappa shape index (κ1) is 19.8. The van der Waals surface area contributed by atoms with Crippen molar-refractivity contribution in [3.63, 3.8) is 0 Å². The van der Waals surface area contributed by atoms with Crippen molar-refractivity contribution in [3.8, 4) is 11.4 Å². The minimum Gasteiger partial charge on any atom is -0.494 e. The predicted octanol–water partition coefficient (Wildman–Crippen LogP) is 4.14. The van der Waals surface area contributed by atoms with Gasteiger partial charge >= 0.3 is 5.97 Å². The predicted molar refractivity (Wildman–Crippen MR) is 108 cm³/mol. The van der Waals surface area contributed by atoms with E-state index in [1.807, 2.05) is 24.5 Å². The van der Waals surface area contributed by atoms with Gasteiger partial charge in [-0.1, -0.05) is 13.8 Å². The smallest absolute Gasteiger partial charge is 0.338 e. The topological polar surface area (TPSA) is 93.0 Å². The highest BCUT2D eigenvalue weighted by Gasteiger charge is 2.27. The number of rotatable bonds is 6. The Morgan fingerprint density at radius 1 is 1.33 bits per heavy atom. The molecule has 0 aliphatic carbocycles. The molecule has 0 radical (unpaired) electrons. The standard InChI is InChI=1S/C21H20F2N4O3/c1-10(2)19-13(8-15(23)21(28)29)18-16(6-11-9-24-26-20(11)25-18)27(19)12-4-5-14(22)17(7-12)30-3/h4-7,9-10,15H,8H2,1-3H3,(H,28,29)(H,24,25,26)/t15-/m1/s1. The zero-order valence-corrected chi connectivity index (χ0v) is 16.6. The number of alkyl halides is 1. The number of benzene rings is 1. The Balaban J connectivity index is 2.09. The fourth-order valence-corrected chi connectivity index (χ4v) is 3.79. The molecular formula is C21H20F2N4O3. The summed E-state index contributed by atoms with van der Waals surface area (Å²) in [4.78, 5) is 15.8. The number of H-pyrrole nitrogens is 1. The minimum atomic E-state index is -2.08. The first-order valence-corrected chi connectivity index (χ1v) is 9.40. The molecule has 0 spiro atoms. The molecule has 4 rings (SSSR count). The molecule has 0 amide bonds. The molecule has 0 aliphatic heterocycles. The van der Waals surface area contributed by atoms with Crippen molar-refractivity contribution in [1.29, 1.82) is 0 Å². The van der Waals surface area contributed by atoms with Gasteiger partial charge in [0.2, 0.25) is 6.17 Å². The summed E-state index contributed by atoms with van der Waals surface area (Å²) in [6.07, 6.45) is -0.797. The average Bonchev–Trinajstić information content (AvgIpc) is 3.28. The molecule has 3 heterocycles. The molecule has 0 aliphatic rings. The van der Waals surface area contributed by atoms with E-state index in [9.17, 15) is 13.6 Å². The van der Waals surface area contributed by atoms with Gasteiger partial charge in [0.25, 0.3) is 0 Å². The van der Waals surface area contributed by atoms with Gasteiger partial charge in [0, 0.05) is 34.8 Å². The highest BCUT2D eigenvalue weighted by atomic mass is 19.1. The molecule has 0 bridgehead atoms. The van der Waals surface area contributed by atoms with Crippen molar-refractivity contribution in [2.45, 2.75) is 32.4 Å². The number of aromatic amines is 1. The molecular weight excluding hydrogens is 394 g/mol. The summed E-state index contributed by atoms with van der Waals surface area (Å²) in [5, 5.41) is 16.6. The van der Waals surface area contributed by atoms with Crippen LogP contribution in [0.4, 0.5) is 8.78 Å². The summed E-state index contributed by atoms with van der Waals surface area (Å²) >= 11 is 0. The van der Waals surface area contributed by atoms with Crippen molar-refractivity contribution >= 4 is 28.0 Å². The maximum Gasteiger partial charge on any atom is 0.338 e. The van der Waals surface area contributed by atoms with E-state index in [0.717, 1.165) is 5.39 Å². The Morgan fingerprint density at radius 3 is 2.77 bits per heavy atom. The third-order valence-corrected chi connectivity index (χ3v) is 5.07. The molecule has 0 unspecified atom stereocenters. The maximum atomic E-state index is 14.3. The summed E-state index contributed by atoms with van der Waals surface area (Å²) in [5.41, 5.74) is 3.43. The quantitative estimate of drug-likeness (QED) is 0.495. The van der Waals surface area contributed by atoms with Crippen LogP contribution in [0.5, 0.6) is 5.75 Å². The largest absolute Gasteiger partial charge is 0.494 e. The molecule has 7 nitrogen and oxygen atoms in total. The lowest BCUT2D eigenvalue weighted by Crippen LogP contribution is -2.18. The second-order valence-electron chi connectivity index (χ2n) is 7.35. The lowest BCUT2D eigenvalue weighted by Gasteiger charge is -2.16. The number of carbonyl (C=O) groups is 1. The number of aliphatic carboxylic acids is 1. The van der Waals surface area contributed by atoms with Crippen LogP contribution in [0.3, 0.4) is 0 Å². The van der Waals surface area contributed by atoms with Crippen molar-refractivity contribution < 1.29 is 23.4 Å². The Hall–Kier alpha value is -3.49. The SMILES string of the molecule is COc1cc(-n2c(C(C)C)c(C[C@@H](F)C(=O)O)c3nc4[nH]ncc4cc32)ccc1F. The molecule has 1 atom stereocenters. The molecule has 0 fully saturated rings. The zero-order chi connectivity index (χ0) is 21.6.